The maximum Gasteiger partial charge on any atom is 0.306 e. The molecule has 0 unspecified atom stereocenters. The first kappa shape index (κ1) is 30.0. The van der Waals surface area contributed by atoms with Gasteiger partial charge in [0.05, 0.1) is 31.8 Å². The first-order valence-corrected chi connectivity index (χ1v) is 13.2. The molecule has 0 atom stereocenters. The number of rotatable bonds is 9. The van der Waals surface area contributed by atoms with Crippen LogP contribution in [-0.4, -0.2) is 54.6 Å². The Bertz CT molecular complexity index is 1230. The molecular weight excluding hydrogens is 508 g/mol. The number of morpholine rings is 1. The molecule has 1 aromatic heterocycles. The van der Waals surface area contributed by atoms with Gasteiger partial charge in [0.25, 0.3) is 11.8 Å². The van der Waals surface area contributed by atoms with E-state index in [9.17, 15) is 13.6 Å². The predicted molar refractivity (Wildman–Crippen MR) is 145 cm³/mol. The summed E-state index contributed by atoms with van der Waals surface area (Å²) in [4.78, 5) is 16.5. The Kier molecular flexibility index (Phi) is 10.4. The number of aliphatic carboxylic acids is 1. The molecule has 8 nitrogen and oxygen atoms in total. The summed E-state index contributed by atoms with van der Waals surface area (Å²) < 4.78 is 45.2. The van der Waals surface area contributed by atoms with Crippen molar-refractivity contribution in [3.63, 3.8) is 0 Å². The second-order valence-electron chi connectivity index (χ2n) is 9.38. The molecule has 0 bridgehead atoms. The van der Waals surface area contributed by atoms with E-state index in [1.807, 2.05) is 36.9 Å². The van der Waals surface area contributed by atoms with Crippen molar-refractivity contribution in [2.75, 3.05) is 38.3 Å². The molecule has 1 fully saturated rings. The van der Waals surface area contributed by atoms with Gasteiger partial charge < -0.3 is 24.0 Å². The Morgan fingerprint density at radius 3 is 2.36 bits per heavy atom. The molecule has 3 aromatic rings. The third-order valence-corrected chi connectivity index (χ3v) is 6.74. The van der Waals surface area contributed by atoms with E-state index in [1.165, 1.54) is 6.07 Å². The van der Waals surface area contributed by atoms with E-state index >= 15 is 0 Å². The Labute approximate surface area is 227 Å². The van der Waals surface area contributed by atoms with Crippen LogP contribution in [-0.2, 0) is 21.9 Å². The number of hydrogen-bond donors (Lipinski definition) is 1. The van der Waals surface area contributed by atoms with Crippen LogP contribution in [0.5, 0.6) is 5.75 Å². The lowest BCUT2D eigenvalue weighted by molar-refractivity contribution is -0.141. The Balaban J connectivity index is 0.000000459. The third kappa shape index (κ3) is 7.53. The van der Waals surface area contributed by atoms with Crippen LogP contribution in [0.15, 0.2) is 40.9 Å². The molecule has 10 heteroatoms. The lowest BCUT2D eigenvalue weighted by Crippen LogP contribution is -2.37. The standard InChI is InChI=1S/C23H25F2N3O3.C6H12O2/c1-4-15-5-7-17(20(13-15)29-3)22-26-21(27-31-22)16-6-8-19(18(14-16)23(2,24)25)28-9-11-30-12-10-28;1-3-5(4-2)6(7)8/h5-8,13-14H,4,9-12H2,1-3H3;5H,3-4H2,1-2H3,(H,7,8). The third-order valence-electron chi connectivity index (χ3n) is 6.74. The number of benzene rings is 2. The van der Waals surface area contributed by atoms with Crippen molar-refractivity contribution >= 4 is 11.7 Å². The number of alkyl halides is 2. The van der Waals surface area contributed by atoms with Crippen LogP contribution < -0.4 is 9.64 Å². The number of hydrogen-bond acceptors (Lipinski definition) is 7. The smallest absolute Gasteiger partial charge is 0.306 e. The number of carboxylic acids is 1. The fraction of sp³-hybridized carbons (Fsp3) is 0.483. The van der Waals surface area contributed by atoms with Crippen LogP contribution in [0.2, 0.25) is 0 Å². The molecule has 0 spiro atoms. The zero-order chi connectivity index (χ0) is 28.6. The van der Waals surface area contributed by atoms with Crippen molar-refractivity contribution in [3.05, 3.63) is 47.5 Å². The van der Waals surface area contributed by atoms with Gasteiger partial charge >= 0.3 is 5.97 Å². The predicted octanol–water partition coefficient (Wildman–Crippen LogP) is 6.43. The summed E-state index contributed by atoms with van der Waals surface area (Å²) >= 11 is 0. The van der Waals surface area contributed by atoms with Crippen molar-refractivity contribution in [2.45, 2.75) is 52.9 Å². The average molecular weight is 546 g/mol. The number of aryl methyl sites for hydroxylation is 1. The SMILES string of the molecule is CCC(CC)C(=O)O.CCc1ccc(-c2nc(-c3ccc(N4CCOCC4)c(C(C)(F)F)c3)no2)c(OC)c1. The summed E-state index contributed by atoms with van der Waals surface area (Å²) in [6.45, 7) is 8.92. The molecule has 0 amide bonds. The zero-order valence-electron chi connectivity index (χ0n) is 23.2. The number of anilines is 1. The fourth-order valence-corrected chi connectivity index (χ4v) is 4.33. The van der Waals surface area contributed by atoms with E-state index < -0.39 is 11.9 Å². The van der Waals surface area contributed by atoms with Crippen molar-refractivity contribution in [3.8, 4) is 28.6 Å². The van der Waals surface area contributed by atoms with Crippen LogP contribution in [0.3, 0.4) is 0 Å². The molecule has 1 aliphatic rings. The molecule has 1 N–H and O–H groups in total. The Morgan fingerprint density at radius 2 is 1.82 bits per heavy atom. The molecule has 0 saturated carbocycles. The summed E-state index contributed by atoms with van der Waals surface area (Å²) in [5.74, 6) is -2.68. The quantitative estimate of drug-likeness (QED) is 0.329. The van der Waals surface area contributed by atoms with E-state index in [4.69, 9.17) is 19.1 Å². The van der Waals surface area contributed by atoms with Crippen molar-refractivity contribution in [1.29, 1.82) is 0 Å². The summed E-state index contributed by atoms with van der Waals surface area (Å²) in [6, 6.07) is 10.6. The maximum atomic E-state index is 14.5. The van der Waals surface area contributed by atoms with Gasteiger partial charge in [-0.3, -0.25) is 4.79 Å². The Hall–Kier alpha value is -3.53. The lowest BCUT2D eigenvalue weighted by Gasteiger charge is -2.32. The van der Waals surface area contributed by atoms with Gasteiger partial charge in [0, 0.05) is 36.8 Å². The van der Waals surface area contributed by atoms with Crippen molar-refractivity contribution in [1.82, 2.24) is 10.1 Å². The highest BCUT2D eigenvalue weighted by Crippen LogP contribution is 2.38. The average Bonchev–Trinajstić information content (AvgIpc) is 3.43. The van der Waals surface area contributed by atoms with Crippen molar-refractivity contribution in [2.24, 2.45) is 5.92 Å². The van der Waals surface area contributed by atoms with E-state index in [0.717, 1.165) is 31.7 Å². The summed E-state index contributed by atoms with van der Waals surface area (Å²) in [5, 5.41) is 12.4. The number of aromatic nitrogens is 2. The van der Waals surface area contributed by atoms with Crippen molar-refractivity contribution < 1.29 is 32.7 Å². The van der Waals surface area contributed by atoms with Crippen LogP contribution in [0, 0.1) is 5.92 Å². The molecule has 2 aromatic carbocycles. The van der Waals surface area contributed by atoms with Crippen LogP contribution >= 0.6 is 0 Å². The molecule has 4 rings (SSSR count). The van der Waals surface area contributed by atoms with Crippen LogP contribution in [0.1, 0.15) is 51.7 Å². The first-order valence-electron chi connectivity index (χ1n) is 13.2. The summed E-state index contributed by atoms with van der Waals surface area (Å²) in [5.41, 5.74) is 2.68. The maximum absolute atomic E-state index is 14.5. The highest BCUT2D eigenvalue weighted by atomic mass is 19.3. The summed E-state index contributed by atoms with van der Waals surface area (Å²) in [7, 11) is 1.58. The van der Waals surface area contributed by atoms with Crippen LogP contribution in [0.25, 0.3) is 22.8 Å². The number of carboxylic acid groups (broad SMARTS) is 1. The molecule has 0 radical (unpaired) electrons. The van der Waals surface area contributed by atoms with Crippen LogP contribution in [0.4, 0.5) is 14.5 Å². The molecular formula is C29H37F2N3O5. The number of carbonyl (C=O) groups is 1. The highest BCUT2D eigenvalue weighted by molar-refractivity contribution is 5.70. The minimum absolute atomic E-state index is 0.0665. The molecule has 212 valence electrons. The van der Waals surface area contributed by atoms with E-state index in [0.29, 0.717) is 48.9 Å². The first-order chi connectivity index (χ1) is 18.6. The Morgan fingerprint density at radius 1 is 1.13 bits per heavy atom. The monoisotopic (exact) mass is 545 g/mol. The van der Waals surface area contributed by atoms with Gasteiger partial charge in [-0.15, -0.1) is 0 Å². The fourth-order valence-electron chi connectivity index (χ4n) is 4.33. The molecule has 1 aliphatic heterocycles. The van der Waals surface area contributed by atoms with E-state index in [1.54, 1.807) is 19.2 Å². The second-order valence-corrected chi connectivity index (χ2v) is 9.38. The molecule has 2 heterocycles. The number of halogens is 2. The molecule has 1 saturated heterocycles. The molecule has 0 aliphatic carbocycles. The van der Waals surface area contributed by atoms with Gasteiger partial charge in [-0.1, -0.05) is 32.0 Å². The summed E-state index contributed by atoms with van der Waals surface area (Å²) in [6.07, 6.45) is 2.35. The zero-order valence-corrected chi connectivity index (χ0v) is 23.2. The highest BCUT2D eigenvalue weighted by Gasteiger charge is 2.31. The topological polar surface area (TPSA) is 97.9 Å². The second kappa shape index (κ2) is 13.5. The van der Waals surface area contributed by atoms with Gasteiger partial charge in [0.15, 0.2) is 0 Å². The minimum Gasteiger partial charge on any atom is -0.496 e. The van der Waals surface area contributed by atoms with E-state index in [2.05, 4.69) is 17.1 Å². The largest absolute Gasteiger partial charge is 0.496 e. The van der Waals surface area contributed by atoms with Gasteiger partial charge in [-0.2, -0.15) is 4.98 Å². The number of nitrogens with zero attached hydrogens (tertiary/aromatic N) is 3. The molecule has 39 heavy (non-hydrogen) atoms. The van der Waals surface area contributed by atoms with Gasteiger partial charge in [0.1, 0.15) is 5.75 Å². The lowest BCUT2D eigenvalue weighted by atomic mass is 10.0. The normalized spacial score (nSPS) is 13.7. The number of methoxy groups -OCH3 is 1. The van der Waals surface area contributed by atoms with Gasteiger partial charge in [-0.25, -0.2) is 8.78 Å². The van der Waals surface area contributed by atoms with E-state index in [-0.39, 0.29) is 23.2 Å². The number of ether oxygens (including phenoxy) is 2. The van der Waals surface area contributed by atoms with Gasteiger partial charge in [-0.05, 0) is 55.2 Å². The minimum atomic E-state index is -3.02. The van der Waals surface area contributed by atoms with Gasteiger partial charge in [0.2, 0.25) is 5.82 Å².